The molecule has 0 atom stereocenters. The minimum atomic E-state index is -0.116. The molecule has 0 aliphatic carbocycles. The molecule has 6 nitrogen and oxygen atoms in total. The monoisotopic (exact) mass is 410 g/mol. The van der Waals surface area contributed by atoms with E-state index in [-0.39, 0.29) is 23.9 Å². The summed E-state index contributed by atoms with van der Waals surface area (Å²) in [5.41, 5.74) is 3.77. The number of carbonyl (C=O) groups excluding carboxylic acids is 2. The Kier molecular flexibility index (Phi) is 8.27. The van der Waals surface area contributed by atoms with Gasteiger partial charge in [0, 0.05) is 50.5 Å². The van der Waals surface area contributed by atoms with Crippen molar-refractivity contribution in [2.24, 2.45) is 5.92 Å². The second kappa shape index (κ2) is 10.7. The van der Waals surface area contributed by atoms with E-state index >= 15 is 0 Å². The van der Waals surface area contributed by atoms with Gasteiger partial charge in [-0.3, -0.25) is 4.79 Å². The highest BCUT2D eigenvalue weighted by Crippen LogP contribution is 2.25. The van der Waals surface area contributed by atoms with Gasteiger partial charge in [-0.1, -0.05) is 44.2 Å². The van der Waals surface area contributed by atoms with Crippen LogP contribution in [0.1, 0.15) is 38.8 Å². The number of anilines is 2. The molecule has 0 aliphatic heterocycles. The van der Waals surface area contributed by atoms with Gasteiger partial charge in [-0.05, 0) is 43.2 Å². The molecule has 3 amide bonds. The van der Waals surface area contributed by atoms with Gasteiger partial charge in [0.15, 0.2) is 0 Å². The van der Waals surface area contributed by atoms with Gasteiger partial charge in [-0.25, -0.2) is 4.79 Å². The van der Waals surface area contributed by atoms with Crippen LogP contribution in [0, 0.1) is 5.92 Å². The van der Waals surface area contributed by atoms with Crippen LogP contribution in [0.2, 0.25) is 0 Å². The maximum Gasteiger partial charge on any atom is 0.318 e. The quantitative estimate of drug-likeness (QED) is 0.675. The smallest absolute Gasteiger partial charge is 0.318 e. The summed E-state index contributed by atoms with van der Waals surface area (Å²) in [4.78, 5) is 28.9. The maximum absolute atomic E-state index is 12.9. The van der Waals surface area contributed by atoms with Crippen molar-refractivity contribution < 1.29 is 9.59 Å². The van der Waals surface area contributed by atoms with Crippen LogP contribution in [0.5, 0.6) is 0 Å². The van der Waals surface area contributed by atoms with Crippen molar-refractivity contribution in [1.82, 2.24) is 10.2 Å². The fourth-order valence-electron chi connectivity index (χ4n) is 3.06. The van der Waals surface area contributed by atoms with Crippen molar-refractivity contribution in [2.75, 3.05) is 24.3 Å². The number of hydrogen-bond acceptors (Lipinski definition) is 3. The molecule has 30 heavy (non-hydrogen) atoms. The third-order valence-electron chi connectivity index (χ3n) is 4.63. The highest BCUT2D eigenvalue weighted by molar-refractivity contribution is 5.92. The third-order valence-corrected chi connectivity index (χ3v) is 4.63. The minimum Gasteiger partial charge on any atom is -0.377 e. The normalized spacial score (nSPS) is 10.8. The summed E-state index contributed by atoms with van der Waals surface area (Å²) in [7, 11) is 3.95. The van der Waals surface area contributed by atoms with Crippen LogP contribution >= 0.6 is 0 Å². The number of benzene rings is 2. The lowest BCUT2D eigenvalue weighted by molar-refractivity contribution is -0.118. The lowest BCUT2D eigenvalue weighted by Crippen LogP contribution is -2.42. The lowest BCUT2D eigenvalue weighted by atomic mass is 10.1. The van der Waals surface area contributed by atoms with E-state index in [1.807, 2.05) is 95.2 Å². The average Bonchev–Trinajstić information content (AvgIpc) is 2.67. The van der Waals surface area contributed by atoms with Gasteiger partial charge in [0.1, 0.15) is 0 Å². The first-order valence-electron chi connectivity index (χ1n) is 10.4. The highest BCUT2D eigenvalue weighted by atomic mass is 16.2. The van der Waals surface area contributed by atoms with Gasteiger partial charge in [0.2, 0.25) is 5.91 Å². The van der Waals surface area contributed by atoms with E-state index in [4.69, 9.17) is 0 Å². The van der Waals surface area contributed by atoms with Crippen molar-refractivity contribution in [1.29, 1.82) is 0 Å². The highest BCUT2D eigenvalue weighted by Gasteiger charge is 2.18. The SMILES string of the molecule is CC(C)NC(=O)N(Cc1ccccc1)Cc1cc(NC(=O)C(C)C)ccc1N(C)C. The molecule has 162 valence electrons. The molecule has 0 spiro atoms. The van der Waals surface area contributed by atoms with Crippen LogP contribution in [-0.4, -0.2) is 37.0 Å². The fourth-order valence-corrected chi connectivity index (χ4v) is 3.06. The van der Waals surface area contributed by atoms with E-state index in [1.165, 1.54) is 0 Å². The van der Waals surface area contributed by atoms with Crippen LogP contribution in [0.25, 0.3) is 0 Å². The topological polar surface area (TPSA) is 64.7 Å². The minimum absolute atomic E-state index is 0.0303. The molecule has 0 saturated carbocycles. The van der Waals surface area contributed by atoms with E-state index in [0.717, 1.165) is 22.5 Å². The first kappa shape index (κ1) is 23.3. The second-order valence-electron chi connectivity index (χ2n) is 8.33. The summed E-state index contributed by atoms with van der Waals surface area (Å²) >= 11 is 0. The van der Waals surface area contributed by atoms with Gasteiger partial charge >= 0.3 is 6.03 Å². The molecule has 0 fully saturated rings. The van der Waals surface area contributed by atoms with E-state index < -0.39 is 0 Å². The molecule has 6 heteroatoms. The Balaban J connectivity index is 2.35. The zero-order chi connectivity index (χ0) is 22.3. The summed E-state index contributed by atoms with van der Waals surface area (Å²) in [6, 6.07) is 15.7. The van der Waals surface area contributed by atoms with Gasteiger partial charge in [-0.15, -0.1) is 0 Å². The summed E-state index contributed by atoms with van der Waals surface area (Å²) in [6.07, 6.45) is 0. The van der Waals surface area contributed by atoms with Crippen LogP contribution < -0.4 is 15.5 Å². The standard InChI is InChI=1S/C24H34N4O2/c1-17(2)23(29)26-21-12-13-22(27(5)6)20(14-21)16-28(24(30)25-18(3)4)15-19-10-8-7-9-11-19/h7-14,17-18H,15-16H2,1-6H3,(H,25,30)(H,26,29). The van der Waals surface area contributed by atoms with E-state index in [9.17, 15) is 9.59 Å². The molecule has 0 bridgehead atoms. The first-order chi connectivity index (χ1) is 14.2. The zero-order valence-electron chi connectivity index (χ0n) is 18.9. The Labute approximate surface area is 180 Å². The number of urea groups is 1. The molecule has 0 aliphatic rings. The Bertz CT molecular complexity index is 848. The largest absolute Gasteiger partial charge is 0.377 e. The van der Waals surface area contributed by atoms with Gasteiger partial charge < -0.3 is 20.4 Å². The maximum atomic E-state index is 12.9. The summed E-state index contributed by atoms with van der Waals surface area (Å²) in [6.45, 7) is 8.55. The Hall–Kier alpha value is -3.02. The van der Waals surface area contributed by atoms with Crippen molar-refractivity contribution in [3.05, 3.63) is 59.7 Å². The molecule has 0 radical (unpaired) electrons. The molecule has 2 rings (SSSR count). The predicted octanol–water partition coefficient (Wildman–Crippen LogP) is 4.47. The van der Waals surface area contributed by atoms with Crippen molar-refractivity contribution in [2.45, 2.75) is 46.8 Å². The van der Waals surface area contributed by atoms with Crippen LogP contribution in [-0.2, 0) is 17.9 Å². The second-order valence-corrected chi connectivity index (χ2v) is 8.33. The van der Waals surface area contributed by atoms with Crippen LogP contribution in [0.3, 0.4) is 0 Å². The molecule has 0 unspecified atom stereocenters. The Morgan fingerprint density at radius 3 is 2.17 bits per heavy atom. The molecule has 0 aromatic heterocycles. The van der Waals surface area contributed by atoms with E-state index in [1.54, 1.807) is 4.90 Å². The Morgan fingerprint density at radius 2 is 1.60 bits per heavy atom. The summed E-state index contributed by atoms with van der Waals surface area (Å²) < 4.78 is 0. The van der Waals surface area contributed by atoms with E-state index in [0.29, 0.717) is 13.1 Å². The molecule has 2 aromatic carbocycles. The molecular formula is C24H34N4O2. The number of amides is 3. The lowest BCUT2D eigenvalue weighted by Gasteiger charge is -2.27. The van der Waals surface area contributed by atoms with E-state index in [2.05, 4.69) is 10.6 Å². The Morgan fingerprint density at radius 1 is 0.933 bits per heavy atom. The summed E-state index contributed by atoms with van der Waals surface area (Å²) in [5, 5.41) is 5.95. The number of nitrogens with zero attached hydrogens (tertiary/aromatic N) is 2. The zero-order valence-corrected chi connectivity index (χ0v) is 18.9. The average molecular weight is 411 g/mol. The molecule has 2 aromatic rings. The van der Waals surface area contributed by atoms with Crippen LogP contribution in [0.4, 0.5) is 16.2 Å². The molecule has 2 N–H and O–H groups in total. The van der Waals surface area contributed by atoms with Gasteiger partial charge in [0.05, 0.1) is 0 Å². The van der Waals surface area contributed by atoms with Gasteiger partial charge in [0.25, 0.3) is 0 Å². The van der Waals surface area contributed by atoms with Crippen LogP contribution in [0.15, 0.2) is 48.5 Å². The first-order valence-corrected chi connectivity index (χ1v) is 10.4. The summed E-state index contributed by atoms with van der Waals surface area (Å²) in [5.74, 6) is -0.134. The number of hydrogen-bond donors (Lipinski definition) is 2. The molecular weight excluding hydrogens is 376 g/mol. The van der Waals surface area contributed by atoms with Crippen molar-refractivity contribution >= 4 is 23.3 Å². The fraction of sp³-hybridized carbons (Fsp3) is 0.417. The molecule has 0 heterocycles. The van der Waals surface area contributed by atoms with Crippen molar-refractivity contribution in [3.63, 3.8) is 0 Å². The number of carbonyl (C=O) groups is 2. The van der Waals surface area contributed by atoms with Crippen molar-refractivity contribution in [3.8, 4) is 0 Å². The number of rotatable bonds is 8. The molecule has 0 saturated heterocycles. The number of nitrogens with one attached hydrogen (secondary N) is 2. The van der Waals surface area contributed by atoms with Gasteiger partial charge in [-0.2, -0.15) is 0 Å². The third kappa shape index (κ3) is 6.79. The predicted molar refractivity (Wildman–Crippen MR) is 124 cm³/mol.